The van der Waals surface area contributed by atoms with Crippen molar-refractivity contribution in [2.45, 2.75) is 46.5 Å². The molecule has 3 rings (SSSR count). The van der Waals surface area contributed by atoms with Crippen molar-refractivity contribution in [1.82, 2.24) is 0 Å². The van der Waals surface area contributed by atoms with Gasteiger partial charge in [-0.25, -0.2) is 0 Å². The Morgan fingerprint density at radius 1 is 0.704 bits per heavy atom. The van der Waals surface area contributed by atoms with Crippen LogP contribution in [0.3, 0.4) is 0 Å². The summed E-state index contributed by atoms with van der Waals surface area (Å²) in [6.45, 7) is 6.56. The molecule has 0 saturated carbocycles. The molecule has 0 radical (unpaired) electrons. The van der Waals surface area contributed by atoms with Crippen molar-refractivity contribution in [3.8, 4) is 23.0 Å². The van der Waals surface area contributed by atoms with Crippen molar-refractivity contribution in [3.63, 3.8) is 0 Å². The van der Waals surface area contributed by atoms with Crippen LogP contribution in [0.2, 0.25) is 0 Å². The van der Waals surface area contributed by atoms with Crippen LogP contribution >= 0.6 is 0 Å². The Morgan fingerprint density at radius 2 is 1.37 bits per heavy atom. The van der Waals surface area contributed by atoms with Gasteiger partial charge in [0.2, 0.25) is 0 Å². The van der Waals surface area contributed by atoms with E-state index in [1.54, 1.807) is 0 Å². The highest BCUT2D eigenvalue weighted by Gasteiger charge is 2.01. The SMILES string of the molecule is CCCCc1ccc(C#Cc2ccc(-c3ccc(CC)cc3)cc2C)cc1. The average Bonchev–Trinajstić information content (AvgIpc) is 2.72. The molecule has 0 nitrogen and oxygen atoms in total. The zero-order chi connectivity index (χ0) is 19.1. The smallest absolute Gasteiger partial charge is 0.0278 e. The first kappa shape index (κ1) is 19.0. The third kappa shape index (κ3) is 5.11. The Labute approximate surface area is 164 Å². The molecule has 0 aliphatic carbocycles. The van der Waals surface area contributed by atoms with Crippen molar-refractivity contribution in [2.24, 2.45) is 0 Å². The van der Waals surface area contributed by atoms with Crippen molar-refractivity contribution in [1.29, 1.82) is 0 Å². The fourth-order valence-corrected chi connectivity index (χ4v) is 3.19. The predicted molar refractivity (Wildman–Crippen MR) is 117 cm³/mol. The van der Waals surface area contributed by atoms with E-state index in [9.17, 15) is 0 Å². The molecule has 0 heterocycles. The molecule has 3 aromatic rings. The average molecular weight is 353 g/mol. The molecule has 0 aromatic heterocycles. The summed E-state index contributed by atoms with van der Waals surface area (Å²) in [6.07, 6.45) is 4.72. The van der Waals surface area contributed by atoms with Crippen LogP contribution in [0, 0.1) is 18.8 Å². The van der Waals surface area contributed by atoms with Gasteiger partial charge in [-0.05, 0) is 72.2 Å². The lowest BCUT2D eigenvalue weighted by Crippen LogP contribution is -1.87. The lowest BCUT2D eigenvalue weighted by Gasteiger charge is -2.06. The van der Waals surface area contributed by atoms with Gasteiger partial charge >= 0.3 is 0 Å². The van der Waals surface area contributed by atoms with Gasteiger partial charge < -0.3 is 0 Å². The summed E-state index contributed by atoms with van der Waals surface area (Å²) in [5.74, 6) is 6.65. The summed E-state index contributed by atoms with van der Waals surface area (Å²) >= 11 is 0. The third-order valence-corrected chi connectivity index (χ3v) is 5.04. The minimum absolute atomic E-state index is 1.08. The number of rotatable bonds is 5. The quantitative estimate of drug-likeness (QED) is 0.435. The third-order valence-electron chi connectivity index (χ3n) is 5.04. The summed E-state index contributed by atoms with van der Waals surface area (Å²) in [4.78, 5) is 0. The molecule has 0 unspecified atom stereocenters. The highest BCUT2D eigenvalue weighted by atomic mass is 14.1. The second-order valence-electron chi connectivity index (χ2n) is 7.13. The zero-order valence-corrected chi connectivity index (χ0v) is 16.7. The number of hydrogen-bond acceptors (Lipinski definition) is 0. The highest BCUT2D eigenvalue weighted by molar-refractivity contribution is 5.66. The van der Waals surface area contributed by atoms with Crippen molar-refractivity contribution in [3.05, 3.63) is 94.5 Å². The fraction of sp³-hybridized carbons (Fsp3) is 0.259. The molecule has 0 fully saturated rings. The van der Waals surface area contributed by atoms with Crippen LogP contribution < -0.4 is 0 Å². The number of benzene rings is 3. The van der Waals surface area contributed by atoms with E-state index in [4.69, 9.17) is 0 Å². The highest BCUT2D eigenvalue weighted by Crippen LogP contribution is 2.23. The van der Waals surface area contributed by atoms with Gasteiger partial charge in [-0.3, -0.25) is 0 Å². The monoisotopic (exact) mass is 352 g/mol. The van der Waals surface area contributed by atoms with E-state index in [1.165, 1.54) is 40.7 Å². The summed E-state index contributed by atoms with van der Waals surface area (Å²) in [6, 6.07) is 24.1. The lowest BCUT2D eigenvalue weighted by molar-refractivity contribution is 0.795. The van der Waals surface area contributed by atoms with Crippen LogP contribution in [0.5, 0.6) is 0 Å². The van der Waals surface area contributed by atoms with Crippen LogP contribution in [0.4, 0.5) is 0 Å². The van der Waals surface area contributed by atoms with Crippen LogP contribution in [0.15, 0.2) is 66.7 Å². The Bertz CT molecular complexity index is 932. The number of aryl methyl sites for hydroxylation is 3. The molecule has 0 heteroatoms. The summed E-state index contributed by atoms with van der Waals surface area (Å²) in [7, 11) is 0. The summed E-state index contributed by atoms with van der Waals surface area (Å²) in [5.41, 5.74) is 8.68. The van der Waals surface area contributed by atoms with Gasteiger partial charge in [0.1, 0.15) is 0 Å². The Balaban J connectivity index is 1.75. The van der Waals surface area contributed by atoms with E-state index in [1.807, 2.05) is 0 Å². The Morgan fingerprint density at radius 3 is 2.00 bits per heavy atom. The molecule has 0 bridgehead atoms. The van der Waals surface area contributed by atoms with Gasteiger partial charge in [-0.2, -0.15) is 0 Å². The van der Waals surface area contributed by atoms with E-state index < -0.39 is 0 Å². The second kappa shape index (κ2) is 9.24. The molecule has 0 N–H and O–H groups in total. The van der Waals surface area contributed by atoms with E-state index in [0.717, 1.165) is 24.0 Å². The molecule has 0 aliphatic heterocycles. The fourth-order valence-electron chi connectivity index (χ4n) is 3.19. The molecular formula is C27H28. The van der Waals surface area contributed by atoms with Gasteiger partial charge in [-0.1, -0.05) is 80.6 Å². The maximum absolute atomic E-state index is 3.34. The minimum atomic E-state index is 1.08. The van der Waals surface area contributed by atoms with Gasteiger partial charge in [0, 0.05) is 11.1 Å². The van der Waals surface area contributed by atoms with Crippen LogP contribution in [0.25, 0.3) is 11.1 Å². The molecule has 0 atom stereocenters. The largest absolute Gasteiger partial charge is 0.0654 e. The Kier molecular flexibility index (Phi) is 6.50. The van der Waals surface area contributed by atoms with Gasteiger partial charge in [0.05, 0.1) is 0 Å². The standard InChI is InChI=1S/C27H28/c1-4-6-7-23-8-10-24(11-9-23)14-15-25-18-19-27(20-21(25)3)26-16-12-22(5-2)13-17-26/h8-13,16-20H,4-7H2,1-3H3. The predicted octanol–water partition coefficient (Wildman–Crippen LogP) is 6.97. The first-order chi connectivity index (χ1) is 13.2. The van der Waals surface area contributed by atoms with Crippen molar-refractivity contribution in [2.75, 3.05) is 0 Å². The Hall–Kier alpha value is -2.78. The van der Waals surface area contributed by atoms with Crippen LogP contribution in [-0.2, 0) is 12.8 Å². The van der Waals surface area contributed by atoms with Crippen LogP contribution in [-0.4, -0.2) is 0 Å². The summed E-state index contributed by atoms with van der Waals surface area (Å²) < 4.78 is 0. The van der Waals surface area contributed by atoms with Crippen LogP contribution in [0.1, 0.15) is 54.5 Å². The minimum Gasteiger partial charge on any atom is -0.0654 e. The molecule has 0 amide bonds. The van der Waals surface area contributed by atoms with E-state index in [2.05, 4.69) is 99.3 Å². The number of unbranched alkanes of at least 4 members (excludes halogenated alkanes) is 1. The molecule has 0 spiro atoms. The molecule has 27 heavy (non-hydrogen) atoms. The molecule has 0 saturated heterocycles. The van der Waals surface area contributed by atoms with Gasteiger partial charge in [-0.15, -0.1) is 0 Å². The van der Waals surface area contributed by atoms with E-state index in [0.29, 0.717) is 0 Å². The van der Waals surface area contributed by atoms with Crippen molar-refractivity contribution < 1.29 is 0 Å². The first-order valence-corrected chi connectivity index (χ1v) is 10.0. The number of hydrogen-bond donors (Lipinski definition) is 0. The van der Waals surface area contributed by atoms with E-state index in [-0.39, 0.29) is 0 Å². The molecule has 3 aromatic carbocycles. The zero-order valence-electron chi connectivity index (χ0n) is 16.7. The lowest BCUT2D eigenvalue weighted by atomic mass is 9.98. The molecule has 136 valence electrons. The van der Waals surface area contributed by atoms with E-state index >= 15 is 0 Å². The molecule has 0 aliphatic rings. The van der Waals surface area contributed by atoms with Crippen molar-refractivity contribution >= 4 is 0 Å². The van der Waals surface area contributed by atoms with Gasteiger partial charge in [0.25, 0.3) is 0 Å². The summed E-state index contributed by atoms with van der Waals surface area (Å²) in [5, 5.41) is 0. The first-order valence-electron chi connectivity index (χ1n) is 10.0. The van der Waals surface area contributed by atoms with Gasteiger partial charge in [0.15, 0.2) is 0 Å². The topological polar surface area (TPSA) is 0 Å². The normalized spacial score (nSPS) is 10.3. The second-order valence-corrected chi connectivity index (χ2v) is 7.13. The maximum Gasteiger partial charge on any atom is 0.0278 e. The molecular weight excluding hydrogens is 324 g/mol. The maximum atomic E-state index is 3.34.